The highest BCUT2D eigenvalue weighted by Crippen LogP contribution is 2.23. The van der Waals surface area contributed by atoms with Gasteiger partial charge in [0.1, 0.15) is 6.10 Å². The average molecular weight is 675 g/mol. The zero-order chi connectivity index (χ0) is 35.7. The molecule has 1 aliphatic heterocycles. The molecule has 272 valence electrons. The number of carbonyl (C=O) groups is 3. The maximum Gasteiger partial charge on any atom is 0.533 e. The molecule has 2 unspecified atom stereocenters. The van der Waals surface area contributed by atoms with E-state index >= 15 is 0 Å². The van der Waals surface area contributed by atoms with Crippen molar-refractivity contribution in [2.24, 2.45) is 5.11 Å². The molecule has 0 radical (unpaired) electrons. The van der Waals surface area contributed by atoms with Gasteiger partial charge in [-0.1, -0.05) is 17.1 Å². The molecule has 0 aromatic carbocycles. The highest BCUT2D eigenvalue weighted by Gasteiger charge is 2.34. The minimum absolute atomic E-state index is 0.00663. The van der Waals surface area contributed by atoms with E-state index in [4.69, 9.17) is 38.8 Å². The van der Waals surface area contributed by atoms with Crippen molar-refractivity contribution in [1.82, 2.24) is 5.06 Å². The molecule has 47 heavy (non-hydrogen) atoms. The van der Waals surface area contributed by atoms with E-state index < -0.39 is 40.4 Å². The van der Waals surface area contributed by atoms with Crippen LogP contribution in [-0.4, -0.2) is 109 Å². The first-order chi connectivity index (χ1) is 21.8. The van der Waals surface area contributed by atoms with Crippen molar-refractivity contribution >= 4 is 18.0 Å². The van der Waals surface area contributed by atoms with Gasteiger partial charge in [-0.3, -0.25) is 14.4 Å². The third-order valence-electron chi connectivity index (χ3n) is 7.66. The second-order valence-electron chi connectivity index (χ2n) is 14.2. The van der Waals surface area contributed by atoms with Crippen LogP contribution in [0.25, 0.3) is 10.4 Å². The van der Waals surface area contributed by atoms with Crippen LogP contribution in [0.4, 0.5) is 4.79 Å². The van der Waals surface area contributed by atoms with E-state index in [9.17, 15) is 19.5 Å². The lowest BCUT2D eigenvalue weighted by atomic mass is 10.0. The zero-order valence-electron chi connectivity index (χ0n) is 29.9. The van der Waals surface area contributed by atoms with Gasteiger partial charge in [0, 0.05) is 43.4 Å². The number of aliphatic hydroxyl groups excluding tert-OH is 1. The van der Waals surface area contributed by atoms with Crippen molar-refractivity contribution in [2.75, 3.05) is 46.2 Å². The molecule has 1 aliphatic rings. The molecule has 0 spiro atoms. The molecule has 0 aromatic rings. The quantitative estimate of drug-likeness (QED) is 0.0429. The van der Waals surface area contributed by atoms with Gasteiger partial charge in [0.25, 0.3) is 11.8 Å². The summed E-state index contributed by atoms with van der Waals surface area (Å²) in [6, 6.07) is -0.204. The van der Waals surface area contributed by atoms with Gasteiger partial charge in [0.15, 0.2) is 0 Å². The van der Waals surface area contributed by atoms with Crippen LogP contribution in [0.2, 0.25) is 0 Å². The van der Waals surface area contributed by atoms with E-state index in [1.807, 2.05) is 62.3 Å². The minimum atomic E-state index is -1.12. The molecule has 15 heteroatoms. The number of hydrogen-bond acceptors (Lipinski definition) is 12. The maximum atomic E-state index is 11.9. The number of carbonyl (C=O) groups excluding carboxylic acids is 3. The second kappa shape index (κ2) is 20.1. The molecule has 0 aliphatic carbocycles. The Hall–Kier alpha value is -2.52. The monoisotopic (exact) mass is 674 g/mol. The number of aliphatic hydroxyl groups is 1. The summed E-state index contributed by atoms with van der Waals surface area (Å²) in [6.07, 6.45) is 1.18. The summed E-state index contributed by atoms with van der Waals surface area (Å²) < 4.78 is 35.6. The maximum absolute atomic E-state index is 11.9. The first-order valence-electron chi connectivity index (χ1n) is 16.3. The number of rotatable bonds is 25. The van der Waals surface area contributed by atoms with Gasteiger partial charge < -0.3 is 33.5 Å². The molecule has 2 amide bonds. The van der Waals surface area contributed by atoms with Crippen molar-refractivity contribution < 1.29 is 52.7 Å². The summed E-state index contributed by atoms with van der Waals surface area (Å²) in [5.41, 5.74) is 6.58. The number of hydroxylamine groups is 2. The normalized spacial score (nSPS) is 15.8. The predicted molar refractivity (Wildman–Crippen MR) is 172 cm³/mol. The molecular weight excluding hydrogens is 616 g/mol. The van der Waals surface area contributed by atoms with E-state index in [1.165, 1.54) is 0 Å². The van der Waals surface area contributed by atoms with Crippen LogP contribution in [-0.2, 0) is 42.8 Å². The number of amides is 2. The first kappa shape index (κ1) is 42.5. The molecule has 0 saturated carbocycles. The van der Waals surface area contributed by atoms with Crippen LogP contribution in [0, 0.1) is 0 Å². The molecule has 1 rings (SSSR count). The van der Waals surface area contributed by atoms with E-state index in [0.717, 1.165) is 0 Å². The molecular formula is C32H58N4O11. The number of hydrogen-bond donors (Lipinski definition) is 1. The summed E-state index contributed by atoms with van der Waals surface area (Å²) in [4.78, 5) is 42.6. The number of imide groups is 1. The Morgan fingerprint density at radius 3 is 1.77 bits per heavy atom. The van der Waals surface area contributed by atoms with Crippen LogP contribution >= 0.6 is 0 Å². The Labute approximate surface area is 279 Å². The smallest absolute Gasteiger partial charge is 0.433 e. The van der Waals surface area contributed by atoms with Crippen LogP contribution in [0.5, 0.6) is 0 Å². The van der Waals surface area contributed by atoms with Crippen molar-refractivity contribution in [3.63, 3.8) is 0 Å². The van der Waals surface area contributed by atoms with Gasteiger partial charge in [-0.15, -0.1) is 0 Å². The standard InChI is InChI=1S/C32H58N4O11/c1-24(34-35-33)12-18-41-25(22-45-31(6,7)15-20-43-29(2,3)13-17-37)23-46-32(8,9)16-21-44-30(4,5)14-19-42-28(40)47-36-26(38)10-11-27(36)39/h24-25,37H,10-23H2,1-9H3. The van der Waals surface area contributed by atoms with Crippen molar-refractivity contribution in [3.8, 4) is 0 Å². The highest BCUT2D eigenvalue weighted by atomic mass is 16.8. The van der Waals surface area contributed by atoms with Gasteiger partial charge in [0.2, 0.25) is 0 Å². The summed E-state index contributed by atoms with van der Waals surface area (Å²) in [5.74, 6) is -1.15. The topological polar surface area (TPSA) is 188 Å². The molecule has 15 nitrogen and oxygen atoms in total. The lowest BCUT2D eigenvalue weighted by Crippen LogP contribution is -2.38. The fourth-order valence-corrected chi connectivity index (χ4v) is 4.18. The summed E-state index contributed by atoms with van der Waals surface area (Å²) >= 11 is 0. The van der Waals surface area contributed by atoms with Crippen LogP contribution < -0.4 is 0 Å². The van der Waals surface area contributed by atoms with E-state index in [1.54, 1.807) is 0 Å². The lowest BCUT2D eigenvalue weighted by molar-refractivity contribution is -0.177. The highest BCUT2D eigenvalue weighted by molar-refractivity contribution is 6.01. The molecule has 1 N–H and O–H groups in total. The molecule has 0 bridgehead atoms. The van der Waals surface area contributed by atoms with Crippen molar-refractivity contribution in [3.05, 3.63) is 10.4 Å². The van der Waals surface area contributed by atoms with Gasteiger partial charge in [0.05, 0.1) is 55.4 Å². The number of azide groups is 1. The lowest BCUT2D eigenvalue weighted by Gasteiger charge is -2.33. The van der Waals surface area contributed by atoms with Gasteiger partial charge in [-0.25, -0.2) is 4.79 Å². The van der Waals surface area contributed by atoms with Crippen LogP contribution in [0.1, 0.15) is 107 Å². The van der Waals surface area contributed by atoms with Gasteiger partial charge in [-0.2, -0.15) is 0 Å². The summed E-state index contributed by atoms with van der Waals surface area (Å²) in [6.45, 7) is 19.1. The van der Waals surface area contributed by atoms with Crippen LogP contribution in [0.15, 0.2) is 5.11 Å². The zero-order valence-corrected chi connectivity index (χ0v) is 29.9. The van der Waals surface area contributed by atoms with E-state index in [0.29, 0.717) is 57.0 Å². The van der Waals surface area contributed by atoms with Crippen molar-refractivity contribution in [2.45, 2.75) is 142 Å². The first-order valence-corrected chi connectivity index (χ1v) is 16.3. The molecule has 2 atom stereocenters. The largest absolute Gasteiger partial charge is 0.533 e. The SMILES string of the molecule is CC(CCOC(COC(C)(C)CCOC(C)(C)CCO)COC(C)(C)CCOC(C)(C)CCOC(=O)ON1C(=O)CCC1=O)N=[N+]=[N-]. The third-order valence-corrected chi connectivity index (χ3v) is 7.66. The summed E-state index contributed by atoms with van der Waals surface area (Å²) in [7, 11) is 0. The molecule has 0 aromatic heterocycles. The third kappa shape index (κ3) is 19.2. The Morgan fingerprint density at radius 2 is 1.28 bits per heavy atom. The van der Waals surface area contributed by atoms with Gasteiger partial charge >= 0.3 is 6.16 Å². The van der Waals surface area contributed by atoms with E-state index in [2.05, 4.69) is 10.0 Å². The minimum Gasteiger partial charge on any atom is -0.433 e. The Kier molecular flexibility index (Phi) is 18.2. The Balaban J connectivity index is 2.56. The van der Waals surface area contributed by atoms with Crippen LogP contribution in [0.3, 0.4) is 0 Å². The number of nitrogens with zero attached hydrogens (tertiary/aromatic N) is 4. The summed E-state index contributed by atoms with van der Waals surface area (Å²) in [5, 5.41) is 13.4. The fraction of sp³-hybridized carbons (Fsp3) is 0.906. The fourth-order valence-electron chi connectivity index (χ4n) is 4.18. The van der Waals surface area contributed by atoms with Gasteiger partial charge in [-0.05, 0) is 86.6 Å². The molecule has 1 fully saturated rings. The second-order valence-corrected chi connectivity index (χ2v) is 14.2. The molecule has 1 saturated heterocycles. The average Bonchev–Trinajstić information content (AvgIpc) is 3.25. The number of ether oxygens (including phenoxy) is 6. The van der Waals surface area contributed by atoms with Crippen molar-refractivity contribution in [1.29, 1.82) is 0 Å². The van der Waals surface area contributed by atoms with E-state index in [-0.39, 0.29) is 51.4 Å². The predicted octanol–water partition coefficient (Wildman–Crippen LogP) is 5.41. The molecule has 1 heterocycles. The Morgan fingerprint density at radius 1 is 0.809 bits per heavy atom. The Bertz CT molecular complexity index is 1010.